The number of sulfonamides is 1. The molecule has 0 radical (unpaired) electrons. The van der Waals surface area contributed by atoms with E-state index >= 15 is 0 Å². The number of amides is 1. The molecule has 0 spiro atoms. The predicted molar refractivity (Wildman–Crippen MR) is 99.3 cm³/mol. The maximum absolute atomic E-state index is 14.7. The van der Waals surface area contributed by atoms with Gasteiger partial charge in [-0.15, -0.1) is 0 Å². The Labute approximate surface area is 151 Å². The fourth-order valence-electron chi connectivity index (χ4n) is 2.83. The fraction of sp³-hybridized carbons (Fsp3) is 0.278. The molecule has 0 atom stereocenters. The quantitative estimate of drug-likeness (QED) is 0.747. The van der Waals surface area contributed by atoms with Crippen LogP contribution in [-0.2, 0) is 23.0 Å². The first kappa shape index (κ1) is 18.3. The molecule has 2 aromatic carbocycles. The van der Waals surface area contributed by atoms with Gasteiger partial charge in [0.2, 0.25) is 10.0 Å². The van der Waals surface area contributed by atoms with Crippen LogP contribution in [0.5, 0.6) is 0 Å². The second kappa shape index (κ2) is 7.43. The number of anilines is 2. The number of para-hydroxylation sites is 1. The summed E-state index contributed by atoms with van der Waals surface area (Å²) in [6.45, 7) is 2.79. The van der Waals surface area contributed by atoms with Crippen LogP contribution in [0.4, 0.5) is 15.8 Å². The van der Waals surface area contributed by atoms with Crippen molar-refractivity contribution in [3.8, 4) is 0 Å². The van der Waals surface area contributed by atoms with Crippen molar-refractivity contribution < 1.29 is 17.6 Å². The minimum absolute atomic E-state index is 0.0869. The van der Waals surface area contributed by atoms with Crippen LogP contribution in [0.2, 0.25) is 0 Å². The monoisotopic (exact) mass is 377 g/mol. The Balaban J connectivity index is 1.88. The Morgan fingerprint density at radius 3 is 2.73 bits per heavy atom. The number of nitrogens with one attached hydrogen (secondary N) is 3. The maximum atomic E-state index is 14.7. The first-order valence-corrected chi connectivity index (χ1v) is 9.98. The highest BCUT2D eigenvalue weighted by molar-refractivity contribution is 7.92. The molecule has 1 aliphatic rings. The summed E-state index contributed by atoms with van der Waals surface area (Å²) in [7, 11) is -3.53. The lowest BCUT2D eigenvalue weighted by molar-refractivity contribution is 0.102. The highest BCUT2D eigenvalue weighted by atomic mass is 32.2. The van der Waals surface area contributed by atoms with Crippen LogP contribution in [0.15, 0.2) is 36.4 Å². The van der Waals surface area contributed by atoms with Crippen molar-refractivity contribution in [1.82, 2.24) is 5.32 Å². The number of hydrogen-bond acceptors (Lipinski definition) is 4. The fourth-order valence-corrected chi connectivity index (χ4v) is 3.49. The van der Waals surface area contributed by atoms with E-state index < -0.39 is 21.7 Å². The molecule has 0 unspecified atom stereocenters. The Hall–Kier alpha value is -2.45. The molecule has 3 rings (SSSR count). The number of carbonyl (C=O) groups is 1. The molecule has 0 aromatic heterocycles. The average molecular weight is 377 g/mol. The third kappa shape index (κ3) is 3.86. The zero-order chi connectivity index (χ0) is 18.7. The average Bonchev–Trinajstić information content (AvgIpc) is 2.64. The third-order valence-electron chi connectivity index (χ3n) is 4.27. The smallest absolute Gasteiger partial charge is 0.257 e. The predicted octanol–water partition coefficient (Wildman–Crippen LogP) is 2.49. The number of carbonyl (C=O) groups excluding carboxylic acids is 1. The molecule has 2 aromatic rings. The van der Waals surface area contributed by atoms with E-state index in [0.29, 0.717) is 25.1 Å². The molecule has 0 bridgehead atoms. The minimum Gasteiger partial charge on any atom is -0.319 e. The van der Waals surface area contributed by atoms with E-state index in [9.17, 15) is 17.6 Å². The molecule has 0 aliphatic carbocycles. The number of fused-ring (bicyclic) bond motifs is 1. The highest BCUT2D eigenvalue weighted by Gasteiger charge is 2.20. The van der Waals surface area contributed by atoms with Crippen LogP contribution >= 0.6 is 0 Å². The normalized spacial score (nSPS) is 13.8. The molecule has 1 heterocycles. The van der Waals surface area contributed by atoms with Gasteiger partial charge in [-0.05, 0) is 49.2 Å². The van der Waals surface area contributed by atoms with Crippen molar-refractivity contribution in [2.75, 3.05) is 22.3 Å². The summed E-state index contributed by atoms with van der Waals surface area (Å²) in [6, 6.07) is 9.54. The Morgan fingerprint density at radius 2 is 1.96 bits per heavy atom. The molecule has 6 nitrogen and oxygen atoms in total. The zero-order valence-corrected chi connectivity index (χ0v) is 15.1. The van der Waals surface area contributed by atoms with Crippen LogP contribution in [-0.4, -0.2) is 26.6 Å². The van der Waals surface area contributed by atoms with Gasteiger partial charge in [0.05, 0.1) is 22.7 Å². The molecule has 26 heavy (non-hydrogen) atoms. The SMILES string of the molecule is CCS(=O)(=O)Nc1ccccc1C(=O)Nc1ccc2c(c1F)CCNC2. The van der Waals surface area contributed by atoms with Crippen LogP contribution < -0.4 is 15.4 Å². The van der Waals surface area contributed by atoms with Crippen molar-refractivity contribution in [2.45, 2.75) is 19.9 Å². The molecule has 138 valence electrons. The molecular formula is C18H20FN3O3S. The van der Waals surface area contributed by atoms with Gasteiger partial charge in [0.1, 0.15) is 5.82 Å². The molecular weight excluding hydrogens is 357 g/mol. The van der Waals surface area contributed by atoms with Gasteiger partial charge >= 0.3 is 0 Å². The van der Waals surface area contributed by atoms with E-state index in [0.717, 1.165) is 5.56 Å². The lowest BCUT2D eigenvalue weighted by Gasteiger charge is -2.19. The molecule has 8 heteroatoms. The molecule has 3 N–H and O–H groups in total. The first-order chi connectivity index (χ1) is 12.4. The topological polar surface area (TPSA) is 87.3 Å². The second-order valence-electron chi connectivity index (χ2n) is 6.00. The molecule has 0 saturated heterocycles. The van der Waals surface area contributed by atoms with Gasteiger partial charge in [-0.1, -0.05) is 18.2 Å². The Kier molecular flexibility index (Phi) is 5.24. The molecule has 0 saturated carbocycles. The third-order valence-corrected chi connectivity index (χ3v) is 5.56. The van der Waals surface area contributed by atoms with Gasteiger partial charge in [-0.25, -0.2) is 12.8 Å². The Bertz CT molecular complexity index is 945. The van der Waals surface area contributed by atoms with Gasteiger partial charge in [0.15, 0.2) is 0 Å². The summed E-state index contributed by atoms with van der Waals surface area (Å²) in [4.78, 5) is 12.6. The molecule has 1 aliphatic heterocycles. The summed E-state index contributed by atoms with van der Waals surface area (Å²) < 4.78 is 40.7. The summed E-state index contributed by atoms with van der Waals surface area (Å²) in [5, 5.41) is 5.72. The molecule has 1 amide bonds. The number of rotatable bonds is 5. The summed E-state index contributed by atoms with van der Waals surface area (Å²) in [5.74, 6) is -1.13. The van der Waals surface area contributed by atoms with E-state index in [1.165, 1.54) is 25.1 Å². The summed E-state index contributed by atoms with van der Waals surface area (Å²) >= 11 is 0. The molecule has 0 fully saturated rings. The van der Waals surface area contributed by atoms with Crippen molar-refractivity contribution in [3.05, 3.63) is 58.9 Å². The lowest BCUT2D eigenvalue weighted by atomic mass is 9.99. The highest BCUT2D eigenvalue weighted by Crippen LogP contribution is 2.26. The van der Waals surface area contributed by atoms with Gasteiger partial charge in [0, 0.05) is 6.54 Å². The van der Waals surface area contributed by atoms with Crippen LogP contribution in [0, 0.1) is 5.82 Å². The van der Waals surface area contributed by atoms with E-state index in [4.69, 9.17) is 0 Å². The number of benzene rings is 2. The number of hydrogen-bond donors (Lipinski definition) is 3. The van der Waals surface area contributed by atoms with E-state index in [2.05, 4.69) is 15.4 Å². The van der Waals surface area contributed by atoms with Crippen LogP contribution in [0.3, 0.4) is 0 Å². The van der Waals surface area contributed by atoms with Crippen LogP contribution in [0.1, 0.15) is 28.4 Å². The lowest BCUT2D eigenvalue weighted by Crippen LogP contribution is -2.25. The zero-order valence-electron chi connectivity index (χ0n) is 14.3. The van der Waals surface area contributed by atoms with Crippen molar-refractivity contribution in [1.29, 1.82) is 0 Å². The van der Waals surface area contributed by atoms with E-state index in [-0.39, 0.29) is 22.7 Å². The van der Waals surface area contributed by atoms with E-state index in [1.807, 2.05) is 0 Å². The van der Waals surface area contributed by atoms with Crippen molar-refractivity contribution in [2.24, 2.45) is 0 Å². The van der Waals surface area contributed by atoms with E-state index in [1.54, 1.807) is 18.2 Å². The standard InChI is InChI=1S/C18H20FN3O3S/c1-2-26(24,25)22-15-6-4-3-5-14(15)18(23)21-16-8-7-12-11-20-10-9-13(12)17(16)19/h3-8,20,22H,2,9-11H2,1H3,(H,21,23). The van der Waals surface area contributed by atoms with Gasteiger partial charge < -0.3 is 10.6 Å². The summed E-state index contributed by atoms with van der Waals surface area (Å²) in [6.07, 6.45) is 0.553. The second-order valence-corrected chi connectivity index (χ2v) is 8.01. The first-order valence-electron chi connectivity index (χ1n) is 8.33. The van der Waals surface area contributed by atoms with Crippen molar-refractivity contribution in [3.63, 3.8) is 0 Å². The van der Waals surface area contributed by atoms with Crippen LogP contribution in [0.25, 0.3) is 0 Å². The minimum atomic E-state index is -3.53. The van der Waals surface area contributed by atoms with Gasteiger partial charge in [-0.3, -0.25) is 9.52 Å². The summed E-state index contributed by atoms with van der Waals surface area (Å²) in [5.41, 5.74) is 1.85. The maximum Gasteiger partial charge on any atom is 0.257 e. The largest absolute Gasteiger partial charge is 0.319 e. The van der Waals surface area contributed by atoms with Crippen molar-refractivity contribution >= 4 is 27.3 Å². The Morgan fingerprint density at radius 1 is 1.19 bits per heavy atom. The van der Waals surface area contributed by atoms with Gasteiger partial charge in [0.25, 0.3) is 5.91 Å². The van der Waals surface area contributed by atoms with Gasteiger partial charge in [-0.2, -0.15) is 0 Å². The number of halogens is 1.